The van der Waals surface area contributed by atoms with E-state index >= 15 is 0 Å². The summed E-state index contributed by atoms with van der Waals surface area (Å²) in [6.45, 7) is 1.69. The molecule has 4 nitrogen and oxygen atoms in total. The minimum atomic E-state index is -0.853. The Hall–Kier alpha value is -1.49. The molecular formula is C13H13ClFNO3. The number of nitrogens with zero attached hydrogens (tertiary/aromatic N) is 1. The van der Waals surface area contributed by atoms with Gasteiger partial charge < -0.3 is 14.7 Å². The second-order valence-electron chi connectivity index (χ2n) is 5.06. The number of ether oxygens (including phenoxy) is 1. The minimum absolute atomic E-state index is 0.262. The quantitative estimate of drug-likeness (QED) is 0.929. The van der Waals surface area contributed by atoms with Crippen LogP contribution in [0.15, 0.2) is 18.2 Å². The van der Waals surface area contributed by atoms with Crippen LogP contribution >= 0.6 is 11.6 Å². The van der Waals surface area contributed by atoms with Crippen molar-refractivity contribution in [2.45, 2.75) is 0 Å². The molecule has 2 fully saturated rings. The van der Waals surface area contributed by atoms with Gasteiger partial charge in [0, 0.05) is 19.0 Å². The lowest BCUT2D eigenvalue weighted by atomic mass is 10.3. The first-order valence-corrected chi connectivity index (χ1v) is 6.50. The SMILES string of the molecule is O=C(O)N1C[C@@H]2[C@H](COc3ccc(F)cc3Cl)[C@@H]2C1. The van der Waals surface area contributed by atoms with E-state index in [1.54, 1.807) is 0 Å². The zero-order valence-electron chi connectivity index (χ0n) is 10.1. The number of carboxylic acid groups (broad SMARTS) is 1. The molecular weight excluding hydrogens is 273 g/mol. The van der Waals surface area contributed by atoms with Crippen molar-refractivity contribution in [3.05, 3.63) is 29.0 Å². The summed E-state index contributed by atoms with van der Waals surface area (Å²) in [6.07, 6.45) is -0.853. The third kappa shape index (κ3) is 2.34. The van der Waals surface area contributed by atoms with Crippen LogP contribution in [0.1, 0.15) is 0 Å². The summed E-state index contributed by atoms with van der Waals surface area (Å²) in [4.78, 5) is 12.2. The lowest BCUT2D eigenvalue weighted by molar-refractivity contribution is 0.145. The topological polar surface area (TPSA) is 49.8 Å². The molecule has 1 aromatic carbocycles. The van der Waals surface area contributed by atoms with Crippen molar-refractivity contribution in [1.82, 2.24) is 4.90 Å². The number of amides is 1. The fourth-order valence-electron chi connectivity index (χ4n) is 2.83. The summed E-state index contributed by atoms with van der Waals surface area (Å²) in [5.41, 5.74) is 0. The fraction of sp³-hybridized carbons (Fsp3) is 0.462. The Morgan fingerprint density at radius 3 is 2.74 bits per heavy atom. The van der Waals surface area contributed by atoms with Crippen LogP contribution in [0.5, 0.6) is 5.75 Å². The molecule has 3 atom stereocenters. The van der Waals surface area contributed by atoms with Crippen molar-refractivity contribution in [2.24, 2.45) is 17.8 Å². The minimum Gasteiger partial charge on any atom is -0.492 e. The van der Waals surface area contributed by atoms with E-state index in [-0.39, 0.29) is 5.02 Å². The van der Waals surface area contributed by atoms with Crippen LogP contribution in [0.25, 0.3) is 0 Å². The highest BCUT2D eigenvalue weighted by atomic mass is 35.5. The number of benzene rings is 1. The first kappa shape index (κ1) is 12.5. The number of piperidine rings is 1. The van der Waals surface area contributed by atoms with Crippen molar-refractivity contribution >= 4 is 17.7 Å². The maximum Gasteiger partial charge on any atom is 0.407 e. The molecule has 1 aromatic rings. The standard InChI is InChI=1S/C13H13ClFNO3/c14-11-3-7(15)1-2-12(11)19-6-10-8-4-16(13(17)18)5-9(8)10/h1-3,8-10H,4-6H2,(H,17,18)/t8-,9+,10-. The molecule has 0 radical (unpaired) electrons. The Balaban J connectivity index is 1.52. The summed E-state index contributed by atoms with van der Waals surface area (Å²) in [7, 11) is 0. The molecule has 1 amide bonds. The number of halogens is 2. The molecule has 0 spiro atoms. The van der Waals surface area contributed by atoms with E-state index < -0.39 is 11.9 Å². The highest BCUT2D eigenvalue weighted by molar-refractivity contribution is 6.32. The van der Waals surface area contributed by atoms with Crippen LogP contribution in [-0.2, 0) is 0 Å². The van der Waals surface area contributed by atoms with Crippen molar-refractivity contribution in [1.29, 1.82) is 0 Å². The fourth-order valence-corrected chi connectivity index (χ4v) is 3.05. The highest BCUT2D eigenvalue weighted by Gasteiger charge is 2.57. The Labute approximate surface area is 114 Å². The van der Waals surface area contributed by atoms with Crippen LogP contribution < -0.4 is 4.74 Å². The van der Waals surface area contributed by atoms with Gasteiger partial charge in [0.25, 0.3) is 0 Å². The zero-order valence-corrected chi connectivity index (χ0v) is 10.8. The predicted octanol–water partition coefficient (Wildman–Crippen LogP) is 2.71. The lowest BCUT2D eigenvalue weighted by Gasteiger charge is -2.16. The summed E-state index contributed by atoms with van der Waals surface area (Å²) in [5, 5.41) is 9.11. The Morgan fingerprint density at radius 2 is 2.16 bits per heavy atom. The number of carbonyl (C=O) groups is 1. The van der Waals surface area contributed by atoms with E-state index in [9.17, 15) is 9.18 Å². The first-order chi connectivity index (χ1) is 9.06. The molecule has 1 aliphatic heterocycles. The average molecular weight is 286 g/mol. The van der Waals surface area contributed by atoms with Crippen LogP contribution in [0, 0.1) is 23.6 Å². The van der Waals surface area contributed by atoms with E-state index in [1.807, 2.05) is 0 Å². The van der Waals surface area contributed by atoms with Crippen molar-refractivity contribution < 1.29 is 19.0 Å². The zero-order chi connectivity index (χ0) is 13.6. The summed E-state index contributed by atoms with van der Waals surface area (Å²) >= 11 is 5.87. The van der Waals surface area contributed by atoms with Gasteiger partial charge in [-0.15, -0.1) is 0 Å². The largest absolute Gasteiger partial charge is 0.492 e. The molecule has 3 rings (SSSR count). The van der Waals surface area contributed by atoms with Crippen molar-refractivity contribution in [3.63, 3.8) is 0 Å². The molecule has 1 heterocycles. The van der Waals surface area contributed by atoms with Gasteiger partial charge in [-0.05, 0) is 30.0 Å². The number of fused-ring (bicyclic) bond motifs is 1. The third-order valence-electron chi connectivity index (χ3n) is 3.97. The maximum absolute atomic E-state index is 12.9. The monoisotopic (exact) mass is 285 g/mol. The number of hydrogen-bond donors (Lipinski definition) is 1. The van der Waals surface area contributed by atoms with Gasteiger partial charge in [-0.25, -0.2) is 9.18 Å². The van der Waals surface area contributed by atoms with E-state index in [1.165, 1.54) is 23.1 Å². The first-order valence-electron chi connectivity index (χ1n) is 6.12. The van der Waals surface area contributed by atoms with Crippen LogP contribution in [0.2, 0.25) is 5.02 Å². The summed E-state index contributed by atoms with van der Waals surface area (Å²) < 4.78 is 18.4. The van der Waals surface area contributed by atoms with Crippen LogP contribution in [0.3, 0.4) is 0 Å². The van der Waals surface area contributed by atoms with E-state index in [2.05, 4.69) is 0 Å². The Morgan fingerprint density at radius 1 is 1.47 bits per heavy atom. The third-order valence-corrected chi connectivity index (χ3v) is 4.26. The van der Waals surface area contributed by atoms with E-state index in [4.69, 9.17) is 21.4 Å². The van der Waals surface area contributed by atoms with Crippen LogP contribution in [-0.4, -0.2) is 35.8 Å². The molecule has 0 bridgehead atoms. The number of rotatable bonds is 3. The molecule has 1 saturated carbocycles. The van der Waals surface area contributed by atoms with Crippen LogP contribution in [0.4, 0.5) is 9.18 Å². The molecule has 102 valence electrons. The molecule has 2 aliphatic rings. The molecule has 1 N–H and O–H groups in total. The molecule has 0 unspecified atom stereocenters. The second-order valence-corrected chi connectivity index (χ2v) is 5.47. The van der Waals surface area contributed by atoms with Gasteiger partial charge in [-0.3, -0.25) is 0 Å². The molecule has 19 heavy (non-hydrogen) atoms. The second kappa shape index (κ2) is 4.56. The predicted molar refractivity (Wildman–Crippen MR) is 67.0 cm³/mol. The van der Waals surface area contributed by atoms with Gasteiger partial charge in [0.05, 0.1) is 11.6 Å². The van der Waals surface area contributed by atoms with Gasteiger partial charge in [0.2, 0.25) is 0 Å². The van der Waals surface area contributed by atoms with E-state index in [0.29, 0.717) is 43.2 Å². The Kier molecular flexibility index (Phi) is 3.01. The normalized spacial score (nSPS) is 28.1. The number of hydrogen-bond acceptors (Lipinski definition) is 2. The highest BCUT2D eigenvalue weighted by Crippen LogP contribution is 2.51. The van der Waals surface area contributed by atoms with Crippen molar-refractivity contribution in [2.75, 3.05) is 19.7 Å². The van der Waals surface area contributed by atoms with Gasteiger partial charge in [0.15, 0.2) is 0 Å². The lowest BCUT2D eigenvalue weighted by Crippen LogP contribution is -2.30. The van der Waals surface area contributed by atoms with E-state index in [0.717, 1.165) is 0 Å². The molecule has 6 heteroatoms. The maximum atomic E-state index is 12.9. The molecule has 1 aliphatic carbocycles. The number of likely N-dealkylation sites (tertiary alicyclic amines) is 1. The average Bonchev–Trinajstić information content (AvgIpc) is 2.81. The molecule has 1 saturated heterocycles. The summed E-state index contributed by atoms with van der Waals surface area (Å²) in [5.74, 6) is 1.27. The van der Waals surface area contributed by atoms with Gasteiger partial charge >= 0.3 is 6.09 Å². The van der Waals surface area contributed by atoms with Gasteiger partial charge in [-0.1, -0.05) is 11.6 Å². The summed E-state index contributed by atoms with van der Waals surface area (Å²) in [6, 6.07) is 4.04. The molecule has 0 aromatic heterocycles. The van der Waals surface area contributed by atoms with Crippen molar-refractivity contribution in [3.8, 4) is 5.75 Å². The van der Waals surface area contributed by atoms with Gasteiger partial charge in [-0.2, -0.15) is 0 Å². The Bertz CT molecular complexity index is 513. The smallest absolute Gasteiger partial charge is 0.407 e. The van der Waals surface area contributed by atoms with Gasteiger partial charge in [0.1, 0.15) is 11.6 Å².